The van der Waals surface area contributed by atoms with Crippen molar-refractivity contribution in [2.24, 2.45) is 11.3 Å². The van der Waals surface area contributed by atoms with Crippen LogP contribution in [0.5, 0.6) is 0 Å². The highest BCUT2D eigenvalue weighted by Crippen LogP contribution is 2.43. The van der Waals surface area contributed by atoms with Crippen molar-refractivity contribution in [1.82, 2.24) is 0 Å². The summed E-state index contributed by atoms with van der Waals surface area (Å²) in [6.07, 6.45) is 3.92. The van der Waals surface area contributed by atoms with Crippen LogP contribution in [0.15, 0.2) is 24.3 Å². The quantitative estimate of drug-likeness (QED) is 0.820. The summed E-state index contributed by atoms with van der Waals surface area (Å²) >= 11 is 0. The van der Waals surface area contributed by atoms with E-state index in [2.05, 4.69) is 13.8 Å². The van der Waals surface area contributed by atoms with E-state index in [1.54, 1.807) is 6.07 Å². The molecule has 1 N–H and O–H groups in total. The summed E-state index contributed by atoms with van der Waals surface area (Å²) in [7, 11) is 0. The normalized spacial score (nSPS) is 25.5. The summed E-state index contributed by atoms with van der Waals surface area (Å²) in [5.41, 5.74) is 1.02. The number of hydrogen-bond acceptors (Lipinski definition) is 1. The van der Waals surface area contributed by atoms with Crippen LogP contribution in [-0.2, 0) is 0 Å². The Bertz CT molecular complexity index is 386. The van der Waals surface area contributed by atoms with E-state index >= 15 is 0 Å². The summed E-state index contributed by atoms with van der Waals surface area (Å²) in [5, 5.41) is 10.3. The molecule has 2 atom stereocenters. The van der Waals surface area contributed by atoms with E-state index < -0.39 is 6.10 Å². The first kappa shape index (κ1) is 12.6. The zero-order valence-corrected chi connectivity index (χ0v) is 10.6. The molecule has 0 bridgehead atoms. The van der Waals surface area contributed by atoms with Gasteiger partial charge in [-0.25, -0.2) is 4.39 Å². The molecule has 1 aromatic rings. The molecule has 0 spiro atoms. The number of hydrogen-bond donors (Lipinski definition) is 1. The third-order valence-corrected chi connectivity index (χ3v) is 3.88. The second kappa shape index (κ2) is 4.77. The molecule has 0 saturated heterocycles. The van der Waals surface area contributed by atoms with Gasteiger partial charge in [0.1, 0.15) is 5.82 Å². The molecule has 0 aliphatic heterocycles. The van der Waals surface area contributed by atoms with E-state index in [-0.39, 0.29) is 11.7 Å². The van der Waals surface area contributed by atoms with E-state index in [1.165, 1.54) is 18.6 Å². The number of aliphatic hydroxyl groups excluding tert-OH is 1. The van der Waals surface area contributed by atoms with Crippen LogP contribution >= 0.6 is 0 Å². The van der Waals surface area contributed by atoms with Gasteiger partial charge in [0.2, 0.25) is 0 Å². The molecule has 1 nitrogen and oxygen atoms in total. The maximum absolute atomic E-state index is 13.1. The van der Waals surface area contributed by atoms with Crippen LogP contribution in [-0.4, -0.2) is 5.11 Å². The van der Waals surface area contributed by atoms with Crippen LogP contribution in [0.2, 0.25) is 0 Å². The topological polar surface area (TPSA) is 20.2 Å². The second-order valence-electron chi connectivity index (χ2n) is 6.02. The molecule has 17 heavy (non-hydrogen) atoms. The van der Waals surface area contributed by atoms with Gasteiger partial charge in [0, 0.05) is 0 Å². The predicted molar refractivity (Wildman–Crippen MR) is 67.1 cm³/mol. The largest absolute Gasteiger partial charge is 0.388 e. The molecule has 1 aliphatic rings. The molecule has 94 valence electrons. The summed E-state index contributed by atoms with van der Waals surface area (Å²) in [4.78, 5) is 0. The minimum absolute atomic E-state index is 0.264. The van der Waals surface area contributed by atoms with Gasteiger partial charge in [-0.3, -0.25) is 0 Å². The lowest BCUT2D eigenvalue weighted by Gasteiger charge is -2.37. The highest BCUT2D eigenvalue weighted by Gasteiger charge is 2.32. The first-order valence-corrected chi connectivity index (χ1v) is 6.41. The van der Waals surface area contributed by atoms with Crippen LogP contribution < -0.4 is 0 Å². The fourth-order valence-electron chi connectivity index (χ4n) is 2.99. The minimum Gasteiger partial charge on any atom is -0.388 e. The first-order chi connectivity index (χ1) is 7.98. The third kappa shape index (κ3) is 3.06. The van der Waals surface area contributed by atoms with Crippen molar-refractivity contribution in [2.75, 3.05) is 0 Å². The lowest BCUT2D eigenvalue weighted by molar-refractivity contribution is 0.0458. The van der Waals surface area contributed by atoms with Gasteiger partial charge >= 0.3 is 0 Å². The van der Waals surface area contributed by atoms with E-state index in [9.17, 15) is 9.50 Å². The van der Waals surface area contributed by atoms with Crippen LogP contribution in [0.25, 0.3) is 0 Å². The summed E-state index contributed by atoms with van der Waals surface area (Å²) in [5.74, 6) is -0.00262. The van der Waals surface area contributed by atoms with Gasteiger partial charge in [-0.2, -0.15) is 0 Å². The maximum atomic E-state index is 13.1. The average Bonchev–Trinajstić information content (AvgIpc) is 2.26. The van der Waals surface area contributed by atoms with Gasteiger partial charge in [-0.05, 0) is 48.3 Å². The van der Waals surface area contributed by atoms with E-state index in [4.69, 9.17) is 0 Å². The molecule has 0 radical (unpaired) electrons. The maximum Gasteiger partial charge on any atom is 0.123 e. The fourth-order valence-corrected chi connectivity index (χ4v) is 2.99. The Morgan fingerprint density at radius 2 is 2.18 bits per heavy atom. The Kier molecular flexibility index (Phi) is 3.53. The fraction of sp³-hybridized carbons (Fsp3) is 0.600. The van der Waals surface area contributed by atoms with E-state index in [0.717, 1.165) is 19.3 Å². The molecule has 2 heteroatoms. The number of aliphatic hydroxyl groups is 1. The second-order valence-corrected chi connectivity index (χ2v) is 6.02. The smallest absolute Gasteiger partial charge is 0.123 e. The van der Waals surface area contributed by atoms with Crippen molar-refractivity contribution in [1.29, 1.82) is 0 Å². The zero-order chi connectivity index (χ0) is 12.5. The predicted octanol–water partition coefficient (Wildman–Crippen LogP) is 4.08. The Labute approximate surface area is 103 Å². The molecule has 1 aromatic carbocycles. The SMILES string of the molecule is CC1(C)CCC[C@@H]([C@@H](O)c2cccc(F)c2)C1. The molecule has 0 unspecified atom stereocenters. The molecule has 1 saturated carbocycles. The van der Waals surface area contributed by atoms with Gasteiger partial charge in [-0.1, -0.05) is 32.4 Å². The number of benzene rings is 1. The number of halogens is 1. The Hall–Kier alpha value is -0.890. The Morgan fingerprint density at radius 3 is 2.82 bits per heavy atom. The van der Waals surface area contributed by atoms with Gasteiger partial charge in [0.05, 0.1) is 6.10 Å². The zero-order valence-electron chi connectivity index (χ0n) is 10.6. The highest BCUT2D eigenvalue weighted by molar-refractivity contribution is 5.19. The van der Waals surface area contributed by atoms with Gasteiger partial charge in [-0.15, -0.1) is 0 Å². The lowest BCUT2D eigenvalue weighted by atomic mass is 9.70. The Balaban J connectivity index is 2.12. The van der Waals surface area contributed by atoms with Gasteiger partial charge in [0.25, 0.3) is 0 Å². The van der Waals surface area contributed by atoms with Gasteiger partial charge in [0.15, 0.2) is 0 Å². The van der Waals surface area contributed by atoms with E-state index in [0.29, 0.717) is 11.0 Å². The highest BCUT2D eigenvalue weighted by atomic mass is 19.1. The third-order valence-electron chi connectivity index (χ3n) is 3.88. The summed E-state index contributed by atoms with van der Waals surface area (Å²) < 4.78 is 13.1. The molecule has 0 heterocycles. The molecule has 2 rings (SSSR count). The van der Waals surface area contributed by atoms with Crippen molar-refractivity contribution in [2.45, 2.75) is 45.6 Å². The Morgan fingerprint density at radius 1 is 1.41 bits per heavy atom. The van der Waals surface area contributed by atoms with Crippen molar-refractivity contribution in [3.05, 3.63) is 35.6 Å². The van der Waals surface area contributed by atoms with Crippen molar-refractivity contribution < 1.29 is 9.50 Å². The van der Waals surface area contributed by atoms with Crippen molar-refractivity contribution in [3.8, 4) is 0 Å². The van der Waals surface area contributed by atoms with Crippen LogP contribution in [0.1, 0.15) is 51.2 Å². The van der Waals surface area contributed by atoms with Crippen molar-refractivity contribution in [3.63, 3.8) is 0 Å². The van der Waals surface area contributed by atoms with Gasteiger partial charge < -0.3 is 5.11 Å². The summed E-state index contributed by atoms with van der Waals surface area (Å²) in [6, 6.07) is 6.35. The molecular formula is C15H21FO. The van der Waals surface area contributed by atoms with Crippen LogP contribution in [0.3, 0.4) is 0 Å². The summed E-state index contributed by atoms with van der Waals surface area (Å²) in [6.45, 7) is 4.49. The standard InChI is InChI=1S/C15H21FO/c1-15(2)8-4-6-12(10-15)14(17)11-5-3-7-13(16)9-11/h3,5,7,9,12,14,17H,4,6,8,10H2,1-2H3/t12-,14+/m1/s1. The molecule has 0 amide bonds. The molecule has 1 aliphatic carbocycles. The van der Waals surface area contributed by atoms with E-state index in [1.807, 2.05) is 6.07 Å². The first-order valence-electron chi connectivity index (χ1n) is 6.41. The van der Waals surface area contributed by atoms with Crippen LogP contribution in [0.4, 0.5) is 4.39 Å². The lowest BCUT2D eigenvalue weighted by Crippen LogP contribution is -2.26. The average molecular weight is 236 g/mol. The van der Waals surface area contributed by atoms with Crippen molar-refractivity contribution >= 4 is 0 Å². The molecule has 0 aromatic heterocycles. The monoisotopic (exact) mass is 236 g/mol. The number of rotatable bonds is 2. The molecule has 1 fully saturated rings. The van der Waals surface area contributed by atoms with Crippen LogP contribution in [0, 0.1) is 17.2 Å². The minimum atomic E-state index is -0.523. The molecular weight excluding hydrogens is 215 g/mol.